The molecule has 0 amide bonds. The van der Waals surface area contributed by atoms with E-state index in [-0.39, 0.29) is 13.0 Å². The first-order valence-corrected chi connectivity index (χ1v) is 6.68. The molecule has 7 nitrogen and oxygen atoms in total. The zero-order valence-corrected chi connectivity index (χ0v) is 12.2. The van der Waals surface area contributed by atoms with Gasteiger partial charge in [-0.25, -0.2) is 4.79 Å². The lowest BCUT2D eigenvalue weighted by Gasteiger charge is -2.47. The summed E-state index contributed by atoms with van der Waals surface area (Å²) in [6.45, 7) is 6.89. The van der Waals surface area contributed by atoms with E-state index >= 15 is 0 Å². The molecule has 0 saturated carbocycles. The van der Waals surface area contributed by atoms with Gasteiger partial charge in [-0.1, -0.05) is 0 Å². The van der Waals surface area contributed by atoms with Crippen LogP contribution in [0, 0.1) is 0 Å². The second kappa shape index (κ2) is 5.23. The molecule has 4 atom stereocenters. The van der Waals surface area contributed by atoms with Crippen molar-refractivity contribution in [2.75, 3.05) is 6.61 Å². The summed E-state index contributed by atoms with van der Waals surface area (Å²) in [4.78, 5) is 11.2. The minimum atomic E-state index is -1.05. The second-order valence-electron chi connectivity index (χ2n) is 6.10. The Labute approximate surface area is 117 Å². The van der Waals surface area contributed by atoms with E-state index in [1.54, 1.807) is 27.7 Å². The van der Waals surface area contributed by atoms with Crippen LogP contribution >= 0.6 is 0 Å². The Balaban J connectivity index is 2.15. The molecular formula is C13H22O7. The van der Waals surface area contributed by atoms with Gasteiger partial charge < -0.3 is 29.2 Å². The molecule has 2 N–H and O–H groups in total. The molecule has 2 saturated heterocycles. The van der Waals surface area contributed by atoms with Crippen molar-refractivity contribution in [2.24, 2.45) is 0 Å². The molecule has 1 unspecified atom stereocenters. The number of carbonyl (C=O) groups is 1. The van der Waals surface area contributed by atoms with Gasteiger partial charge in [-0.05, 0) is 27.7 Å². The maximum absolute atomic E-state index is 11.2. The quantitative estimate of drug-likeness (QED) is 0.764. The normalized spacial score (nSPS) is 40.2. The van der Waals surface area contributed by atoms with E-state index in [2.05, 4.69) is 0 Å². The van der Waals surface area contributed by atoms with Gasteiger partial charge >= 0.3 is 5.97 Å². The third-order valence-corrected chi connectivity index (χ3v) is 3.35. The highest BCUT2D eigenvalue weighted by atomic mass is 16.8. The van der Waals surface area contributed by atoms with Crippen LogP contribution in [0.4, 0.5) is 0 Å². The van der Waals surface area contributed by atoms with Crippen molar-refractivity contribution in [3.8, 4) is 0 Å². The Morgan fingerprint density at radius 2 is 1.75 bits per heavy atom. The van der Waals surface area contributed by atoms with Crippen molar-refractivity contribution in [1.82, 2.24) is 0 Å². The summed E-state index contributed by atoms with van der Waals surface area (Å²) in [6.07, 6.45) is -2.94. The number of rotatable bonds is 2. The highest BCUT2D eigenvalue weighted by Gasteiger charge is 2.47. The summed E-state index contributed by atoms with van der Waals surface area (Å²) in [6, 6.07) is 0. The molecule has 0 bridgehead atoms. The number of carboxylic acids is 1. The molecule has 0 aromatic carbocycles. The van der Waals surface area contributed by atoms with Gasteiger partial charge in [-0.3, -0.25) is 0 Å². The summed E-state index contributed by atoms with van der Waals surface area (Å²) >= 11 is 0. The molecule has 116 valence electrons. The Morgan fingerprint density at radius 1 is 1.10 bits per heavy atom. The standard InChI is InChI=1S/C13H22O7/c1-12(2)17-6-7(14)10(20-12)8-5-9(11(15)16)19-13(3,4)18-8/h7-10,14H,5-6H2,1-4H3,(H,15,16)/t7-,8+,9?,10+/m0/s1. The largest absolute Gasteiger partial charge is 0.479 e. The monoisotopic (exact) mass is 290 g/mol. The van der Waals surface area contributed by atoms with Crippen LogP contribution < -0.4 is 0 Å². The molecular weight excluding hydrogens is 268 g/mol. The Morgan fingerprint density at radius 3 is 2.35 bits per heavy atom. The molecule has 0 aliphatic carbocycles. The predicted molar refractivity (Wildman–Crippen MR) is 67.0 cm³/mol. The van der Waals surface area contributed by atoms with E-state index < -0.39 is 42.0 Å². The average molecular weight is 290 g/mol. The molecule has 0 spiro atoms. The molecule has 2 heterocycles. The van der Waals surface area contributed by atoms with Crippen molar-refractivity contribution in [3.05, 3.63) is 0 Å². The summed E-state index contributed by atoms with van der Waals surface area (Å²) < 4.78 is 22.1. The summed E-state index contributed by atoms with van der Waals surface area (Å²) in [7, 11) is 0. The second-order valence-corrected chi connectivity index (χ2v) is 6.10. The van der Waals surface area contributed by atoms with E-state index in [0.29, 0.717) is 0 Å². The van der Waals surface area contributed by atoms with Gasteiger partial charge in [0.1, 0.15) is 12.2 Å². The molecule has 2 aliphatic heterocycles. The SMILES string of the molecule is CC1(C)OC[C@H](O)[C@H]([C@H]2CC(C(=O)O)OC(C)(C)O2)O1. The fourth-order valence-corrected chi connectivity index (χ4v) is 2.54. The first-order valence-electron chi connectivity index (χ1n) is 6.68. The van der Waals surface area contributed by atoms with Crippen molar-refractivity contribution >= 4 is 5.97 Å². The number of aliphatic hydroxyl groups excluding tert-OH is 1. The molecule has 20 heavy (non-hydrogen) atoms. The Hall–Kier alpha value is -0.730. The maximum atomic E-state index is 11.2. The van der Waals surface area contributed by atoms with Crippen LogP contribution in [0.2, 0.25) is 0 Å². The first kappa shape index (κ1) is 15.7. The van der Waals surface area contributed by atoms with E-state index in [1.165, 1.54) is 0 Å². The zero-order chi connectivity index (χ0) is 15.1. The van der Waals surface area contributed by atoms with E-state index in [4.69, 9.17) is 24.1 Å². The van der Waals surface area contributed by atoms with Crippen LogP contribution in [0.15, 0.2) is 0 Å². The summed E-state index contributed by atoms with van der Waals surface area (Å²) in [5.74, 6) is -2.93. The molecule has 0 aromatic rings. The summed E-state index contributed by atoms with van der Waals surface area (Å²) in [5.41, 5.74) is 0. The Kier molecular flexibility index (Phi) is 4.10. The summed E-state index contributed by atoms with van der Waals surface area (Å²) in [5, 5.41) is 19.2. The molecule has 2 rings (SSSR count). The van der Waals surface area contributed by atoms with E-state index in [9.17, 15) is 9.90 Å². The van der Waals surface area contributed by atoms with Crippen LogP contribution in [-0.2, 0) is 23.7 Å². The lowest BCUT2D eigenvalue weighted by Crippen LogP contribution is -2.59. The van der Waals surface area contributed by atoms with Gasteiger partial charge in [-0.15, -0.1) is 0 Å². The van der Waals surface area contributed by atoms with Crippen LogP contribution in [0.25, 0.3) is 0 Å². The molecule has 0 radical (unpaired) electrons. The fraction of sp³-hybridized carbons (Fsp3) is 0.923. The number of aliphatic carboxylic acids is 1. The zero-order valence-electron chi connectivity index (χ0n) is 12.2. The average Bonchev–Trinajstić information content (AvgIpc) is 2.30. The number of aliphatic hydroxyl groups is 1. The van der Waals surface area contributed by atoms with Crippen LogP contribution in [0.1, 0.15) is 34.1 Å². The highest BCUT2D eigenvalue weighted by molar-refractivity contribution is 5.72. The predicted octanol–water partition coefficient (Wildman–Crippen LogP) is 0.494. The van der Waals surface area contributed by atoms with Crippen LogP contribution in [-0.4, -0.2) is 58.8 Å². The van der Waals surface area contributed by atoms with E-state index in [0.717, 1.165) is 0 Å². The smallest absolute Gasteiger partial charge is 0.333 e. The first-order chi connectivity index (χ1) is 9.10. The third-order valence-electron chi connectivity index (χ3n) is 3.35. The molecule has 2 fully saturated rings. The number of carboxylic acid groups (broad SMARTS) is 1. The van der Waals surface area contributed by atoms with Crippen molar-refractivity contribution in [2.45, 2.75) is 70.1 Å². The maximum Gasteiger partial charge on any atom is 0.333 e. The van der Waals surface area contributed by atoms with Crippen LogP contribution in [0.5, 0.6) is 0 Å². The minimum absolute atomic E-state index is 0.122. The third kappa shape index (κ3) is 3.48. The minimum Gasteiger partial charge on any atom is -0.479 e. The lowest BCUT2D eigenvalue weighted by atomic mass is 9.98. The number of hydrogen-bond donors (Lipinski definition) is 2. The highest BCUT2D eigenvalue weighted by Crippen LogP contribution is 2.34. The van der Waals surface area contributed by atoms with Gasteiger partial charge in [-0.2, -0.15) is 0 Å². The van der Waals surface area contributed by atoms with Gasteiger partial charge in [0.15, 0.2) is 17.7 Å². The van der Waals surface area contributed by atoms with Crippen molar-refractivity contribution < 1.29 is 34.0 Å². The molecule has 0 aromatic heterocycles. The molecule has 2 aliphatic rings. The topological polar surface area (TPSA) is 94.5 Å². The Bertz CT molecular complexity index is 379. The van der Waals surface area contributed by atoms with Gasteiger partial charge in [0.05, 0.1) is 12.7 Å². The van der Waals surface area contributed by atoms with Crippen molar-refractivity contribution in [1.29, 1.82) is 0 Å². The van der Waals surface area contributed by atoms with Crippen molar-refractivity contribution in [3.63, 3.8) is 0 Å². The lowest BCUT2D eigenvalue weighted by molar-refractivity contribution is -0.363. The number of hydrogen-bond acceptors (Lipinski definition) is 6. The van der Waals surface area contributed by atoms with E-state index in [1.807, 2.05) is 0 Å². The molecule has 7 heteroatoms. The van der Waals surface area contributed by atoms with Gasteiger partial charge in [0, 0.05) is 6.42 Å². The number of ether oxygens (including phenoxy) is 4. The van der Waals surface area contributed by atoms with Gasteiger partial charge in [0.2, 0.25) is 0 Å². The van der Waals surface area contributed by atoms with Crippen LogP contribution in [0.3, 0.4) is 0 Å². The van der Waals surface area contributed by atoms with Gasteiger partial charge in [0.25, 0.3) is 0 Å². The fourth-order valence-electron chi connectivity index (χ4n) is 2.54.